The van der Waals surface area contributed by atoms with Gasteiger partial charge in [0.05, 0.1) is 25.4 Å². The molecule has 77 heavy (non-hydrogen) atoms. The van der Waals surface area contributed by atoms with Gasteiger partial charge in [-0.05, 0) is 80.5 Å². The molecule has 0 radical (unpaired) electrons. The van der Waals surface area contributed by atoms with Gasteiger partial charge in [-0.15, -0.1) is 0 Å². The maximum Gasteiger partial charge on any atom is 0.328 e. The molecule has 0 spiro atoms. The summed E-state index contributed by atoms with van der Waals surface area (Å²) >= 11 is 0. The minimum absolute atomic E-state index is 0.00352. The van der Waals surface area contributed by atoms with Gasteiger partial charge < -0.3 is 62.4 Å². The van der Waals surface area contributed by atoms with Crippen molar-refractivity contribution in [3.8, 4) is 0 Å². The van der Waals surface area contributed by atoms with Crippen molar-refractivity contribution in [1.82, 2.24) is 37.2 Å². The topological polar surface area (TPSA) is 362 Å². The standard InChI is InChI=1S/C54H93N7O16/c1-29(2)22-37-49(71)58-39(24-31(5)6)52(74)61-47(33(9)10)53(75)59-40(27-46(68)69)51(73)57-38(23-30(3)4)50(72)60-41(25-32(7)8)54(76)77-42(28-43(63)55-36(48(70)56-37)20-21-44(64)65)34(11)18-16-14-12-13-15-17-19-35(62)26-45(66)67/h29-42,47,62H,12-28H2,1-11H3,(H,55,63)(H,56,70)(H,57,73)(H,58,71)(H,59,75)(H,60,72)(H,61,74)(H,64,65)(H,66,67)(H,68,69). The van der Waals surface area contributed by atoms with Crippen LogP contribution in [0.15, 0.2) is 0 Å². The van der Waals surface area contributed by atoms with E-state index in [0.29, 0.717) is 25.7 Å². The number of hydrogen-bond acceptors (Lipinski definition) is 13. The van der Waals surface area contributed by atoms with Crippen molar-refractivity contribution in [1.29, 1.82) is 0 Å². The summed E-state index contributed by atoms with van der Waals surface area (Å²) < 4.78 is 6.11. The maximum absolute atomic E-state index is 14.4. The van der Waals surface area contributed by atoms with Gasteiger partial charge in [-0.3, -0.25) is 47.9 Å². The summed E-state index contributed by atoms with van der Waals surface area (Å²) in [5.74, 6) is -12.9. The number of carboxylic acids is 3. The number of carbonyl (C=O) groups excluding carboxylic acids is 8. The molecule has 0 aliphatic carbocycles. The van der Waals surface area contributed by atoms with E-state index < -0.39 is 157 Å². The number of aliphatic carboxylic acids is 3. The summed E-state index contributed by atoms with van der Waals surface area (Å²) in [6.45, 7) is 19.2. The first-order chi connectivity index (χ1) is 35.9. The largest absolute Gasteiger partial charge is 0.481 e. The lowest BCUT2D eigenvalue weighted by Gasteiger charge is -2.30. The number of aliphatic hydroxyl groups excluding tert-OH is 1. The van der Waals surface area contributed by atoms with Crippen LogP contribution in [0.2, 0.25) is 0 Å². The third-order valence-corrected chi connectivity index (χ3v) is 13.0. The van der Waals surface area contributed by atoms with E-state index in [1.54, 1.807) is 76.2 Å². The molecule has 23 nitrogen and oxygen atoms in total. The van der Waals surface area contributed by atoms with E-state index in [1.165, 1.54) is 0 Å². The Morgan fingerprint density at radius 3 is 1.32 bits per heavy atom. The number of cyclic esters (lactones) is 1. The van der Waals surface area contributed by atoms with E-state index in [-0.39, 0.29) is 55.8 Å². The summed E-state index contributed by atoms with van der Waals surface area (Å²) in [6.07, 6.45) is 0.535. The highest BCUT2D eigenvalue weighted by atomic mass is 16.5. The normalized spacial score (nSPS) is 24.1. The average molecular weight is 1100 g/mol. The number of aliphatic hydroxyl groups is 1. The van der Waals surface area contributed by atoms with Crippen molar-refractivity contribution < 1.29 is 77.9 Å². The molecule has 440 valence electrons. The van der Waals surface area contributed by atoms with Gasteiger partial charge in [-0.1, -0.05) is 115 Å². The quantitative estimate of drug-likeness (QED) is 0.0436. The van der Waals surface area contributed by atoms with E-state index in [4.69, 9.17) is 9.84 Å². The van der Waals surface area contributed by atoms with Crippen LogP contribution in [0.1, 0.15) is 185 Å². The summed E-state index contributed by atoms with van der Waals surface area (Å²) in [4.78, 5) is 148. The number of ether oxygens (including phenoxy) is 1. The number of esters is 1. The van der Waals surface area contributed by atoms with Crippen LogP contribution in [0.4, 0.5) is 0 Å². The molecule has 1 fully saturated rings. The third-order valence-electron chi connectivity index (χ3n) is 13.0. The summed E-state index contributed by atoms with van der Waals surface area (Å²) in [6, 6.07) is -9.93. The Labute approximate surface area is 454 Å². The van der Waals surface area contributed by atoms with Crippen LogP contribution in [0.5, 0.6) is 0 Å². The highest BCUT2D eigenvalue weighted by Gasteiger charge is 2.38. The average Bonchev–Trinajstić information content (AvgIpc) is 3.29. The zero-order chi connectivity index (χ0) is 58.7. The molecule has 10 unspecified atom stereocenters. The number of carbonyl (C=O) groups is 11. The number of rotatable bonds is 26. The molecule has 0 saturated carbocycles. The Morgan fingerprint density at radius 1 is 0.481 bits per heavy atom. The third kappa shape index (κ3) is 28.9. The lowest BCUT2D eigenvalue weighted by atomic mass is 9.93. The number of carboxylic acid groups (broad SMARTS) is 3. The molecule has 0 aromatic heterocycles. The number of amides is 7. The number of unbranched alkanes of at least 4 members (excludes halogenated alkanes) is 5. The molecule has 1 saturated heterocycles. The van der Waals surface area contributed by atoms with Crippen molar-refractivity contribution in [3.05, 3.63) is 0 Å². The van der Waals surface area contributed by atoms with Gasteiger partial charge in [0.15, 0.2) is 0 Å². The Morgan fingerprint density at radius 2 is 0.883 bits per heavy atom. The molecular weight excluding hydrogens is 1000 g/mol. The van der Waals surface area contributed by atoms with Gasteiger partial charge in [-0.25, -0.2) is 4.79 Å². The van der Waals surface area contributed by atoms with Crippen LogP contribution in [0.25, 0.3) is 0 Å². The van der Waals surface area contributed by atoms with Crippen LogP contribution < -0.4 is 37.2 Å². The van der Waals surface area contributed by atoms with Gasteiger partial charge in [0.1, 0.15) is 48.4 Å². The van der Waals surface area contributed by atoms with Crippen LogP contribution >= 0.6 is 0 Å². The molecular formula is C54H93N7O16. The minimum atomic E-state index is -1.75. The molecule has 11 N–H and O–H groups in total. The highest BCUT2D eigenvalue weighted by Crippen LogP contribution is 2.23. The fourth-order valence-electron chi connectivity index (χ4n) is 8.92. The van der Waals surface area contributed by atoms with Gasteiger partial charge in [-0.2, -0.15) is 0 Å². The lowest BCUT2D eigenvalue weighted by Crippen LogP contribution is -2.61. The first kappa shape index (κ1) is 69.1. The number of hydrogen-bond donors (Lipinski definition) is 11. The monoisotopic (exact) mass is 1100 g/mol. The molecule has 23 heteroatoms. The molecule has 0 bridgehead atoms. The second-order valence-electron chi connectivity index (χ2n) is 22.8. The Bertz CT molecular complexity index is 1960. The van der Waals surface area contributed by atoms with Crippen molar-refractivity contribution in [2.75, 3.05) is 0 Å². The number of nitrogens with one attached hydrogen (secondary N) is 7. The maximum atomic E-state index is 14.4. The smallest absolute Gasteiger partial charge is 0.328 e. The van der Waals surface area contributed by atoms with Crippen LogP contribution in [-0.2, 0) is 57.5 Å². The first-order valence-corrected chi connectivity index (χ1v) is 27.6. The first-order valence-electron chi connectivity index (χ1n) is 27.6. The molecule has 7 amide bonds. The molecule has 0 aromatic carbocycles. The van der Waals surface area contributed by atoms with Gasteiger partial charge in [0, 0.05) is 6.42 Å². The lowest BCUT2D eigenvalue weighted by molar-refractivity contribution is -0.158. The fraction of sp³-hybridized carbons (Fsp3) is 0.796. The van der Waals surface area contributed by atoms with Crippen molar-refractivity contribution in [3.63, 3.8) is 0 Å². The Kier molecular flexibility index (Phi) is 31.9. The van der Waals surface area contributed by atoms with Gasteiger partial charge >= 0.3 is 23.9 Å². The van der Waals surface area contributed by atoms with Crippen molar-refractivity contribution >= 4 is 65.2 Å². The predicted octanol–water partition coefficient (Wildman–Crippen LogP) is 3.47. The van der Waals surface area contributed by atoms with Gasteiger partial charge in [0.2, 0.25) is 41.4 Å². The predicted molar refractivity (Wildman–Crippen MR) is 284 cm³/mol. The molecule has 1 heterocycles. The van der Waals surface area contributed by atoms with Crippen molar-refractivity contribution in [2.24, 2.45) is 35.5 Å². The van der Waals surface area contributed by atoms with Crippen LogP contribution in [-0.4, -0.2) is 140 Å². The minimum Gasteiger partial charge on any atom is -0.481 e. The zero-order valence-corrected chi connectivity index (χ0v) is 47.4. The Hall–Kier alpha value is -5.87. The molecule has 0 aromatic rings. The molecule has 1 aliphatic rings. The second-order valence-corrected chi connectivity index (χ2v) is 22.8. The van der Waals surface area contributed by atoms with E-state index in [0.717, 1.165) is 25.7 Å². The van der Waals surface area contributed by atoms with E-state index >= 15 is 0 Å². The SMILES string of the molecule is CC(C)CC1NC(=O)C(CCC(=O)O)NC(=O)CC(C(C)CCCCCCCCC(O)CC(=O)O)OC(=O)C(CC(C)C)NC(=O)C(CC(C)C)NC(=O)C(CC(=O)O)NC(=O)C(C(C)C)NC(=O)C(CC(C)C)NC1=O. The van der Waals surface area contributed by atoms with Gasteiger partial charge in [0.25, 0.3) is 0 Å². The highest BCUT2D eigenvalue weighted by molar-refractivity contribution is 5.98. The fourth-order valence-corrected chi connectivity index (χ4v) is 8.92. The Balaban J connectivity index is 3.95. The van der Waals surface area contributed by atoms with E-state index in [9.17, 15) is 68.1 Å². The second kappa shape index (κ2) is 35.5. The van der Waals surface area contributed by atoms with E-state index in [1.807, 2.05) is 0 Å². The van der Waals surface area contributed by atoms with Crippen molar-refractivity contribution in [2.45, 2.75) is 240 Å². The van der Waals surface area contributed by atoms with Crippen LogP contribution in [0, 0.1) is 35.5 Å². The summed E-state index contributed by atoms with van der Waals surface area (Å²) in [5.41, 5.74) is 0. The van der Waals surface area contributed by atoms with E-state index in [2.05, 4.69) is 37.2 Å². The molecule has 1 rings (SSSR count). The summed E-state index contributed by atoms with van der Waals surface area (Å²) in [5, 5.41) is 56.6. The molecule has 1 aliphatic heterocycles. The van der Waals surface area contributed by atoms with Crippen LogP contribution in [0.3, 0.4) is 0 Å². The zero-order valence-electron chi connectivity index (χ0n) is 47.4. The molecule has 10 atom stereocenters. The summed E-state index contributed by atoms with van der Waals surface area (Å²) in [7, 11) is 0.